The van der Waals surface area contributed by atoms with E-state index >= 15 is 0 Å². The van der Waals surface area contributed by atoms with Crippen molar-refractivity contribution >= 4 is 0 Å². The summed E-state index contributed by atoms with van der Waals surface area (Å²) in [5, 5.41) is 0. The highest BCUT2D eigenvalue weighted by Gasteiger charge is 2.22. The summed E-state index contributed by atoms with van der Waals surface area (Å²) in [6.07, 6.45) is 7.16. The first-order chi connectivity index (χ1) is 30.6. The molecular weight excluding hydrogens is 769 g/mol. The Morgan fingerprint density at radius 2 is 0.500 bits per heavy atom. The lowest BCUT2D eigenvalue weighted by Gasteiger charge is -2.21. The van der Waals surface area contributed by atoms with Crippen molar-refractivity contribution in [2.24, 2.45) is 0 Å². The number of ether oxygens (including phenoxy) is 4. The van der Waals surface area contributed by atoms with E-state index in [9.17, 15) is 0 Å². The molecule has 0 aliphatic carbocycles. The van der Waals surface area contributed by atoms with Crippen LogP contribution in [0.4, 0.5) is 0 Å². The molecule has 302 valence electrons. The zero-order chi connectivity index (χ0) is 42.4. The molecule has 0 saturated heterocycles. The average Bonchev–Trinajstić information content (AvgIpc) is 3.36. The van der Waals surface area contributed by atoms with Gasteiger partial charge in [-0.05, 0) is 154 Å². The van der Waals surface area contributed by atoms with Gasteiger partial charge in [0.05, 0.1) is 51.2 Å². The van der Waals surface area contributed by atoms with E-state index < -0.39 is 0 Å². The summed E-state index contributed by atoms with van der Waals surface area (Å²) >= 11 is 0. The summed E-state index contributed by atoms with van der Waals surface area (Å²) in [6.45, 7) is 0. The molecule has 0 radical (unpaired) electrons. The zero-order valence-corrected chi connectivity index (χ0v) is 34.7. The quantitative estimate of drug-likeness (QED) is 0.121. The van der Waals surface area contributed by atoms with Crippen LogP contribution in [-0.4, -0.2) is 48.4 Å². The molecule has 8 nitrogen and oxygen atoms in total. The van der Waals surface area contributed by atoms with Gasteiger partial charge < -0.3 is 18.9 Å². The predicted octanol–water partition coefficient (Wildman–Crippen LogP) is 12.6. The first kappa shape index (κ1) is 39.4. The van der Waals surface area contributed by atoms with Crippen molar-refractivity contribution < 1.29 is 18.9 Å². The van der Waals surface area contributed by atoms with Crippen molar-refractivity contribution in [1.82, 2.24) is 19.9 Å². The van der Waals surface area contributed by atoms with Crippen LogP contribution in [0.3, 0.4) is 0 Å². The lowest BCUT2D eigenvalue weighted by atomic mass is 9.84. The van der Waals surface area contributed by atoms with Gasteiger partial charge in [0.15, 0.2) is 0 Å². The number of aromatic nitrogens is 4. The molecule has 4 heterocycles. The SMILES string of the molecule is COc1cc(-c2cc(-c3ccc(-c4ccccn4)c(OC)c3)c(-c3ccc(-c4ccccn4)c(OC)c3)cc2-c2ccc(-c3ccccn3)c(OC)c2)ccc1-c1ccccn1. The fraction of sp³-hybridized carbons (Fsp3) is 0.0741. The van der Waals surface area contributed by atoms with Crippen LogP contribution in [0.1, 0.15) is 0 Å². The van der Waals surface area contributed by atoms with Crippen molar-refractivity contribution in [2.45, 2.75) is 0 Å². The molecule has 9 rings (SSSR count). The normalized spacial score (nSPS) is 10.9. The molecule has 0 unspecified atom stereocenters. The highest BCUT2D eigenvalue weighted by atomic mass is 16.5. The molecular formula is C54H42N4O4. The molecule has 9 aromatic rings. The summed E-state index contributed by atoms with van der Waals surface area (Å²) in [5.74, 6) is 2.82. The summed E-state index contributed by atoms with van der Waals surface area (Å²) in [5.41, 5.74) is 14.6. The van der Waals surface area contributed by atoms with Gasteiger partial charge in [-0.3, -0.25) is 19.9 Å². The molecule has 0 bridgehead atoms. The van der Waals surface area contributed by atoms with Crippen LogP contribution in [0.2, 0.25) is 0 Å². The zero-order valence-electron chi connectivity index (χ0n) is 34.7. The van der Waals surface area contributed by atoms with Gasteiger partial charge in [-0.1, -0.05) is 48.5 Å². The Morgan fingerprint density at radius 1 is 0.258 bits per heavy atom. The van der Waals surface area contributed by atoms with Crippen LogP contribution < -0.4 is 18.9 Å². The Bertz CT molecular complexity index is 2590. The van der Waals surface area contributed by atoms with Crippen molar-refractivity contribution in [3.05, 3.63) is 183 Å². The molecule has 0 fully saturated rings. The minimum atomic E-state index is 0.706. The minimum Gasteiger partial charge on any atom is -0.496 e. The number of hydrogen-bond donors (Lipinski definition) is 0. The summed E-state index contributed by atoms with van der Waals surface area (Å²) in [6, 6.07) is 53.2. The van der Waals surface area contributed by atoms with Crippen LogP contribution in [0.15, 0.2) is 183 Å². The number of pyridine rings is 4. The molecule has 8 heteroatoms. The van der Waals surface area contributed by atoms with E-state index in [1.165, 1.54) is 0 Å². The smallest absolute Gasteiger partial charge is 0.128 e. The van der Waals surface area contributed by atoms with Crippen LogP contribution >= 0.6 is 0 Å². The van der Waals surface area contributed by atoms with E-state index in [2.05, 4.69) is 105 Å². The molecule has 0 aliphatic heterocycles. The first-order valence-electron chi connectivity index (χ1n) is 20.1. The standard InChI is InChI=1S/C54H42N4O4/c1-59-51-29-35(17-21-39(51)47-13-5-9-25-55-47)43-33-45(37-19-23-41(53(31-37)61-3)49-15-7-11-27-57-49)46(38-20-24-42(54(32-38)62-4)50-16-8-12-28-58-50)34-44(43)36-18-22-40(52(30-36)60-2)48-14-6-10-26-56-48/h5-34H,1-4H3. The van der Waals surface area contributed by atoms with E-state index in [-0.39, 0.29) is 0 Å². The van der Waals surface area contributed by atoms with Gasteiger partial charge in [-0.15, -0.1) is 0 Å². The van der Waals surface area contributed by atoms with E-state index in [0.29, 0.717) is 23.0 Å². The highest BCUT2D eigenvalue weighted by molar-refractivity contribution is 5.97. The summed E-state index contributed by atoms with van der Waals surface area (Å²) < 4.78 is 24.3. The van der Waals surface area contributed by atoms with E-state index in [1.807, 2.05) is 72.8 Å². The van der Waals surface area contributed by atoms with Crippen LogP contribution in [0, 0.1) is 0 Å². The fourth-order valence-corrected chi connectivity index (χ4v) is 7.92. The molecule has 0 N–H and O–H groups in total. The topological polar surface area (TPSA) is 88.5 Å². The molecule has 62 heavy (non-hydrogen) atoms. The predicted molar refractivity (Wildman–Crippen MR) is 247 cm³/mol. The first-order valence-corrected chi connectivity index (χ1v) is 20.1. The third-order valence-corrected chi connectivity index (χ3v) is 11.0. The van der Waals surface area contributed by atoms with Gasteiger partial charge >= 0.3 is 0 Å². The van der Waals surface area contributed by atoms with Gasteiger partial charge in [0, 0.05) is 47.0 Å². The maximum Gasteiger partial charge on any atom is 0.128 e. The Hall–Kier alpha value is -8.10. The monoisotopic (exact) mass is 810 g/mol. The van der Waals surface area contributed by atoms with Crippen molar-refractivity contribution in [1.29, 1.82) is 0 Å². The third kappa shape index (κ3) is 7.73. The molecule has 0 aliphatic rings. The maximum absolute atomic E-state index is 6.07. The van der Waals surface area contributed by atoms with E-state index in [4.69, 9.17) is 18.9 Å². The second-order valence-corrected chi connectivity index (χ2v) is 14.5. The van der Waals surface area contributed by atoms with Crippen LogP contribution in [0.25, 0.3) is 89.5 Å². The van der Waals surface area contributed by atoms with Crippen LogP contribution in [-0.2, 0) is 0 Å². The maximum atomic E-state index is 6.07. The van der Waals surface area contributed by atoms with Crippen molar-refractivity contribution in [2.75, 3.05) is 28.4 Å². The van der Waals surface area contributed by atoms with Gasteiger partial charge in [-0.2, -0.15) is 0 Å². The third-order valence-electron chi connectivity index (χ3n) is 11.0. The number of methoxy groups -OCH3 is 4. The number of hydrogen-bond acceptors (Lipinski definition) is 8. The van der Waals surface area contributed by atoms with Gasteiger partial charge in [0.1, 0.15) is 23.0 Å². The Balaban J connectivity index is 1.32. The number of benzene rings is 5. The van der Waals surface area contributed by atoms with Gasteiger partial charge in [0.2, 0.25) is 0 Å². The molecule has 0 spiro atoms. The number of nitrogens with zero attached hydrogens (tertiary/aromatic N) is 4. The van der Waals surface area contributed by atoms with Gasteiger partial charge in [0.25, 0.3) is 0 Å². The lowest BCUT2D eigenvalue weighted by Crippen LogP contribution is -1.97. The minimum absolute atomic E-state index is 0.706. The fourth-order valence-electron chi connectivity index (χ4n) is 7.92. The molecule has 0 atom stereocenters. The second-order valence-electron chi connectivity index (χ2n) is 14.5. The van der Waals surface area contributed by atoms with E-state index in [0.717, 1.165) is 89.5 Å². The average molecular weight is 811 g/mol. The highest BCUT2D eigenvalue weighted by Crippen LogP contribution is 2.47. The van der Waals surface area contributed by atoms with Crippen LogP contribution in [0.5, 0.6) is 23.0 Å². The largest absolute Gasteiger partial charge is 0.496 e. The van der Waals surface area contributed by atoms with Crippen molar-refractivity contribution in [3.63, 3.8) is 0 Å². The Labute approximate surface area is 361 Å². The molecule has 5 aromatic carbocycles. The van der Waals surface area contributed by atoms with Crippen molar-refractivity contribution in [3.8, 4) is 113 Å². The summed E-state index contributed by atoms with van der Waals surface area (Å²) in [4.78, 5) is 18.5. The lowest BCUT2D eigenvalue weighted by molar-refractivity contribution is 0.416. The molecule has 0 amide bonds. The Kier molecular flexibility index (Phi) is 11.2. The van der Waals surface area contributed by atoms with Gasteiger partial charge in [-0.25, -0.2) is 0 Å². The molecule has 0 saturated carbocycles. The summed E-state index contributed by atoms with van der Waals surface area (Å²) in [7, 11) is 6.78. The Morgan fingerprint density at radius 3 is 0.694 bits per heavy atom. The molecule has 4 aromatic heterocycles. The second kappa shape index (κ2) is 17.6. The number of rotatable bonds is 12. The van der Waals surface area contributed by atoms with E-state index in [1.54, 1.807) is 53.2 Å².